The Morgan fingerprint density at radius 2 is 2.24 bits per heavy atom. The van der Waals surface area contributed by atoms with Crippen molar-refractivity contribution in [2.45, 2.75) is 13.0 Å². The molecule has 94 valence electrons. The van der Waals surface area contributed by atoms with Crippen LogP contribution in [0.3, 0.4) is 0 Å². The molecular weight excluding hydrogens is 284 g/mol. The summed E-state index contributed by atoms with van der Waals surface area (Å²) in [5.41, 5.74) is 0.612. The van der Waals surface area contributed by atoms with Crippen molar-refractivity contribution in [1.29, 1.82) is 0 Å². The second-order valence-corrected chi connectivity index (χ2v) is 4.60. The van der Waals surface area contributed by atoms with E-state index in [9.17, 15) is 4.79 Å². The number of likely N-dealkylation sites (N-methyl/N-ethyl adjacent to an activating group) is 1. The first-order valence-electron chi connectivity index (χ1n) is 5.37. The summed E-state index contributed by atoms with van der Waals surface area (Å²) in [6.07, 6.45) is 0. The SMILES string of the molecule is CNC(C)CNC(=O)c1ccc(OC)c(Br)c1. The van der Waals surface area contributed by atoms with Gasteiger partial charge in [-0.15, -0.1) is 0 Å². The normalized spacial score (nSPS) is 12.0. The van der Waals surface area contributed by atoms with Crippen LogP contribution in [-0.4, -0.2) is 32.7 Å². The maximum absolute atomic E-state index is 11.8. The molecule has 0 spiro atoms. The van der Waals surface area contributed by atoms with Gasteiger partial charge in [-0.2, -0.15) is 0 Å². The molecule has 0 aliphatic heterocycles. The fourth-order valence-electron chi connectivity index (χ4n) is 1.26. The zero-order valence-electron chi connectivity index (χ0n) is 10.2. The topological polar surface area (TPSA) is 50.4 Å². The number of halogens is 1. The molecule has 1 rings (SSSR count). The third kappa shape index (κ3) is 4.02. The molecule has 1 amide bonds. The smallest absolute Gasteiger partial charge is 0.251 e. The van der Waals surface area contributed by atoms with Crippen LogP contribution >= 0.6 is 15.9 Å². The second kappa shape index (κ2) is 6.61. The van der Waals surface area contributed by atoms with Crippen molar-refractivity contribution < 1.29 is 9.53 Å². The lowest BCUT2D eigenvalue weighted by Crippen LogP contribution is -2.37. The number of benzene rings is 1. The van der Waals surface area contributed by atoms with Crippen LogP contribution in [-0.2, 0) is 0 Å². The Balaban J connectivity index is 2.66. The number of carbonyl (C=O) groups excluding carboxylic acids is 1. The highest BCUT2D eigenvalue weighted by Crippen LogP contribution is 2.25. The van der Waals surface area contributed by atoms with E-state index in [1.54, 1.807) is 25.3 Å². The van der Waals surface area contributed by atoms with Crippen molar-refractivity contribution in [1.82, 2.24) is 10.6 Å². The molecule has 0 saturated carbocycles. The Morgan fingerprint density at radius 1 is 1.53 bits per heavy atom. The van der Waals surface area contributed by atoms with Crippen molar-refractivity contribution in [2.75, 3.05) is 20.7 Å². The third-order valence-corrected chi connectivity index (χ3v) is 3.10. The lowest BCUT2D eigenvalue weighted by atomic mass is 10.2. The number of amides is 1. The fraction of sp³-hybridized carbons (Fsp3) is 0.417. The van der Waals surface area contributed by atoms with Gasteiger partial charge in [-0.05, 0) is 48.1 Å². The largest absolute Gasteiger partial charge is 0.496 e. The summed E-state index contributed by atoms with van der Waals surface area (Å²) < 4.78 is 5.88. The van der Waals surface area contributed by atoms with E-state index in [0.29, 0.717) is 17.9 Å². The van der Waals surface area contributed by atoms with E-state index in [1.165, 1.54) is 0 Å². The van der Waals surface area contributed by atoms with E-state index >= 15 is 0 Å². The molecule has 1 aromatic rings. The maximum atomic E-state index is 11.8. The number of hydrogen-bond donors (Lipinski definition) is 2. The molecule has 0 aliphatic rings. The van der Waals surface area contributed by atoms with E-state index in [1.807, 2.05) is 14.0 Å². The number of ether oxygens (including phenoxy) is 1. The zero-order chi connectivity index (χ0) is 12.8. The molecule has 17 heavy (non-hydrogen) atoms. The van der Waals surface area contributed by atoms with Gasteiger partial charge in [-0.1, -0.05) is 0 Å². The summed E-state index contributed by atoms with van der Waals surface area (Å²) in [6, 6.07) is 5.50. The molecule has 1 unspecified atom stereocenters. The van der Waals surface area contributed by atoms with E-state index in [0.717, 1.165) is 4.47 Å². The molecule has 0 heterocycles. The average molecular weight is 301 g/mol. The van der Waals surface area contributed by atoms with E-state index in [2.05, 4.69) is 26.6 Å². The number of rotatable bonds is 5. The standard InChI is InChI=1S/C12H17BrN2O2/c1-8(14-2)7-15-12(16)9-4-5-11(17-3)10(13)6-9/h4-6,8,14H,7H2,1-3H3,(H,15,16). The predicted molar refractivity (Wildman–Crippen MR) is 71.5 cm³/mol. The Morgan fingerprint density at radius 3 is 2.76 bits per heavy atom. The Kier molecular flexibility index (Phi) is 5.44. The van der Waals surface area contributed by atoms with Gasteiger partial charge in [0.15, 0.2) is 0 Å². The zero-order valence-corrected chi connectivity index (χ0v) is 11.8. The van der Waals surface area contributed by atoms with Crippen molar-refractivity contribution in [2.24, 2.45) is 0 Å². The molecule has 2 N–H and O–H groups in total. The lowest BCUT2D eigenvalue weighted by Gasteiger charge is -2.12. The van der Waals surface area contributed by atoms with Crippen molar-refractivity contribution in [3.05, 3.63) is 28.2 Å². The highest BCUT2D eigenvalue weighted by Gasteiger charge is 2.09. The van der Waals surface area contributed by atoms with Crippen LogP contribution in [0.4, 0.5) is 0 Å². The second-order valence-electron chi connectivity index (χ2n) is 3.75. The first-order valence-corrected chi connectivity index (χ1v) is 6.16. The van der Waals surface area contributed by atoms with Gasteiger partial charge < -0.3 is 15.4 Å². The molecule has 1 atom stereocenters. The van der Waals surface area contributed by atoms with Gasteiger partial charge in [0.05, 0.1) is 11.6 Å². The molecule has 0 saturated heterocycles. The Hall–Kier alpha value is -1.07. The number of carbonyl (C=O) groups is 1. The van der Waals surface area contributed by atoms with Crippen LogP contribution in [0.15, 0.2) is 22.7 Å². The summed E-state index contributed by atoms with van der Waals surface area (Å²) in [4.78, 5) is 11.8. The summed E-state index contributed by atoms with van der Waals surface area (Å²) >= 11 is 3.35. The monoisotopic (exact) mass is 300 g/mol. The lowest BCUT2D eigenvalue weighted by molar-refractivity contribution is 0.0950. The van der Waals surface area contributed by atoms with Gasteiger partial charge in [0.1, 0.15) is 5.75 Å². The van der Waals surface area contributed by atoms with E-state index in [4.69, 9.17) is 4.74 Å². The molecule has 0 fully saturated rings. The van der Waals surface area contributed by atoms with Crippen LogP contribution in [0.25, 0.3) is 0 Å². The first kappa shape index (κ1) is 14.0. The Bertz CT molecular complexity index is 396. The van der Waals surface area contributed by atoms with Gasteiger partial charge in [0.2, 0.25) is 0 Å². The van der Waals surface area contributed by atoms with E-state index in [-0.39, 0.29) is 11.9 Å². The van der Waals surface area contributed by atoms with Crippen molar-refractivity contribution in [3.8, 4) is 5.75 Å². The summed E-state index contributed by atoms with van der Waals surface area (Å²) in [7, 11) is 3.45. The third-order valence-electron chi connectivity index (χ3n) is 2.48. The van der Waals surface area contributed by atoms with Crippen LogP contribution in [0.2, 0.25) is 0 Å². The highest BCUT2D eigenvalue weighted by atomic mass is 79.9. The fourth-order valence-corrected chi connectivity index (χ4v) is 1.80. The summed E-state index contributed by atoms with van der Waals surface area (Å²) in [6.45, 7) is 2.60. The van der Waals surface area contributed by atoms with Gasteiger partial charge in [-0.3, -0.25) is 4.79 Å². The number of hydrogen-bond acceptors (Lipinski definition) is 3. The predicted octanol–water partition coefficient (Wildman–Crippen LogP) is 1.80. The van der Waals surface area contributed by atoms with Crippen molar-refractivity contribution in [3.63, 3.8) is 0 Å². The molecule has 5 heteroatoms. The van der Waals surface area contributed by atoms with Gasteiger partial charge in [0.25, 0.3) is 5.91 Å². The molecule has 4 nitrogen and oxygen atoms in total. The maximum Gasteiger partial charge on any atom is 0.251 e. The first-order chi connectivity index (χ1) is 8.08. The van der Waals surface area contributed by atoms with E-state index < -0.39 is 0 Å². The quantitative estimate of drug-likeness (QED) is 0.872. The van der Waals surface area contributed by atoms with Crippen LogP contribution in [0.1, 0.15) is 17.3 Å². The van der Waals surface area contributed by atoms with Crippen LogP contribution in [0, 0.1) is 0 Å². The molecule has 0 aromatic heterocycles. The molecular formula is C12H17BrN2O2. The number of methoxy groups -OCH3 is 1. The molecule has 0 bridgehead atoms. The molecule has 1 aromatic carbocycles. The minimum Gasteiger partial charge on any atom is -0.496 e. The highest BCUT2D eigenvalue weighted by molar-refractivity contribution is 9.10. The van der Waals surface area contributed by atoms with Crippen LogP contribution in [0.5, 0.6) is 5.75 Å². The molecule has 0 radical (unpaired) electrons. The number of nitrogens with one attached hydrogen (secondary N) is 2. The van der Waals surface area contributed by atoms with Crippen LogP contribution < -0.4 is 15.4 Å². The van der Waals surface area contributed by atoms with Gasteiger partial charge in [-0.25, -0.2) is 0 Å². The average Bonchev–Trinajstić information content (AvgIpc) is 2.35. The minimum absolute atomic E-state index is 0.0875. The van der Waals surface area contributed by atoms with Crippen molar-refractivity contribution >= 4 is 21.8 Å². The van der Waals surface area contributed by atoms with Gasteiger partial charge >= 0.3 is 0 Å². The summed E-state index contributed by atoms with van der Waals surface area (Å²) in [5.74, 6) is 0.626. The molecule has 0 aliphatic carbocycles. The summed E-state index contributed by atoms with van der Waals surface area (Å²) in [5, 5.41) is 5.91. The minimum atomic E-state index is -0.0875. The van der Waals surface area contributed by atoms with Gasteiger partial charge in [0, 0.05) is 18.2 Å². The Labute approximate surface area is 110 Å².